The summed E-state index contributed by atoms with van der Waals surface area (Å²) in [7, 11) is 0. The molecule has 0 amide bonds. The van der Waals surface area contributed by atoms with E-state index in [1.165, 1.54) is 0 Å². The second-order valence-corrected chi connectivity index (χ2v) is 10.4. The lowest BCUT2D eigenvalue weighted by Crippen LogP contribution is -2.58. The molecule has 2 saturated heterocycles. The summed E-state index contributed by atoms with van der Waals surface area (Å²) in [6, 6.07) is 7.78. The van der Waals surface area contributed by atoms with Gasteiger partial charge in [-0.3, -0.25) is 24.2 Å². The number of benzene rings is 1. The van der Waals surface area contributed by atoms with E-state index in [0.29, 0.717) is 13.1 Å². The molecular formula is C21H30AlN3O5. The number of rotatable bonds is 4. The van der Waals surface area contributed by atoms with Crippen molar-refractivity contribution >= 4 is 32.5 Å². The van der Waals surface area contributed by atoms with E-state index in [4.69, 9.17) is 7.58 Å². The van der Waals surface area contributed by atoms with Crippen LogP contribution in [-0.2, 0) is 23.7 Å². The molecule has 1 N–H and O–H groups in total. The Balaban J connectivity index is 1.67. The SMILES string of the molecule is CC(C)C(=O)c1ccc(CN2CCNCC(=O)[O][Al]3[O]C(=O)CN(CC2)[CH]3C)cc1. The number of fused-ring (bicyclic) bond motifs is 2. The highest BCUT2D eigenvalue weighted by atomic mass is 27.2. The smallest absolute Gasteiger partial charge is 0.584 e. The third kappa shape index (κ3) is 6.13. The van der Waals surface area contributed by atoms with E-state index in [9.17, 15) is 14.4 Å². The Morgan fingerprint density at radius 1 is 1.13 bits per heavy atom. The molecule has 2 fully saturated rings. The molecule has 0 saturated carbocycles. The minimum absolute atomic E-state index is 0.0192. The first-order chi connectivity index (χ1) is 14.3. The summed E-state index contributed by atoms with van der Waals surface area (Å²) in [5.74, 6) is -0.562. The van der Waals surface area contributed by atoms with E-state index in [0.717, 1.165) is 30.8 Å². The summed E-state index contributed by atoms with van der Waals surface area (Å²) in [5, 5.41) is 3.11. The highest BCUT2D eigenvalue weighted by molar-refractivity contribution is 6.51. The second kappa shape index (κ2) is 10.5. The number of ketones is 1. The lowest BCUT2D eigenvalue weighted by Gasteiger charge is -2.36. The summed E-state index contributed by atoms with van der Waals surface area (Å²) in [6.07, 6.45) is 0. The van der Waals surface area contributed by atoms with E-state index < -0.39 is 14.8 Å². The number of nitrogens with one attached hydrogen (secondary N) is 1. The first-order valence-electron chi connectivity index (χ1n) is 10.5. The van der Waals surface area contributed by atoms with Gasteiger partial charge in [0.25, 0.3) is 11.9 Å². The number of nitrogens with zero attached hydrogens (tertiary/aromatic N) is 2. The van der Waals surface area contributed by atoms with Crippen LogP contribution >= 0.6 is 0 Å². The zero-order valence-electron chi connectivity index (χ0n) is 17.9. The van der Waals surface area contributed by atoms with Gasteiger partial charge in [0.05, 0.1) is 13.1 Å². The number of Topliss-reactive ketones (excluding diaryl/α,β-unsaturated/α-hetero) is 1. The monoisotopic (exact) mass is 431 g/mol. The fraction of sp³-hybridized carbons (Fsp3) is 0.571. The van der Waals surface area contributed by atoms with Crippen LogP contribution in [-0.4, -0.2) is 86.5 Å². The van der Waals surface area contributed by atoms with Gasteiger partial charge >= 0.3 is 14.8 Å². The molecule has 3 rings (SSSR count). The van der Waals surface area contributed by atoms with Gasteiger partial charge in [-0.2, -0.15) is 0 Å². The number of carbonyl (C=O) groups is 3. The second-order valence-electron chi connectivity index (χ2n) is 8.23. The normalized spacial score (nSPS) is 23.9. The molecule has 9 heteroatoms. The molecule has 30 heavy (non-hydrogen) atoms. The Labute approximate surface area is 182 Å². The van der Waals surface area contributed by atoms with E-state index in [-0.39, 0.29) is 41.6 Å². The van der Waals surface area contributed by atoms with Gasteiger partial charge in [0.1, 0.15) is 0 Å². The van der Waals surface area contributed by atoms with E-state index >= 15 is 0 Å². The summed E-state index contributed by atoms with van der Waals surface area (Å²) in [5.41, 5.74) is 1.86. The maximum atomic E-state index is 12.1. The van der Waals surface area contributed by atoms with Crippen LogP contribution in [0.15, 0.2) is 24.3 Å². The summed E-state index contributed by atoms with van der Waals surface area (Å²) >= 11 is -2.42. The topological polar surface area (TPSA) is 88.2 Å². The molecule has 0 spiro atoms. The van der Waals surface area contributed by atoms with Crippen molar-refractivity contribution in [2.75, 3.05) is 39.3 Å². The van der Waals surface area contributed by atoms with E-state index in [1.54, 1.807) is 0 Å². The van der Waals surface area contributed by atoms with Crippen molar-refractivity contribution in [3.8, 4) is 0 Å². The molecule has 162 valence electrons. The molecule has 2 aliphatic heterocycles. The van der Waals surface area contributed by atoms with Gasteiger partial charge < -0.3 is 12.9 Å². The molecule has 2 bridgehead atoms. The lowest BCUT2D eigenvalue weighted by molar-refractivity contribution is -0.144. The fourth-order valence-electron chi connectivity index (χ4n) is 3.66. The van der Waals surface area contributed by atoms with Crippen LogP contribution in [0, 0.1) is 5.92 Å². The largest absolute Gasteiger partial charge is 0.879 e. The Kier molecular flexibility index (Phi) is 8.03. The third-order valence-corrected chi connectivity index (χ3v) is 7.74. The molecule has 0 aromatic heterocycles. The molecule has 0 radical (unpaired) electrons. The van der Waals surface area contributed by atoms with Crippen LogP contribution in [0.3, 0.4) is 0 Å². The minimum Gasteiger partial charge on any atom is -0.584 e. The molecule has 1 aromatic rings. The maximum absolute atomic E-state index is 12.1. The predicted octanol–water partition coefficient (Wildman–Crippen LogP) is 0.748. The summed E-state index contributed by atoms with van der Waals surface area (Å²) in [4.78, 5) is 40.5. The van der Waals surface area contributed by atoms with E-state index in [1.807, 2.05) is 45.0 Å². The lowest BCUT2D eigenvalue weighted by atomic mass is 10.00. The Bertz CT molecular complexity index is 770. The minimum atomic E-state index is -2.42. The summed E-state index contributed by atoms with van der Waals surface area (Å²) in [6.45, 7) is 9.71. The van der Waals surface area contributed by atoms with Crippen molar-refractivity contribution in [2.45, 2.75) is 32.2 Å². The highest BCUT2D eigenvalue weighted by Crippen LogP contribution is 2.15. The maximum Gasteiger partial charge on any atom is 0.879 e. The molecule has 8 nitrogen and oxygen atoms in total. The molecule has 2 aliphatic rings. The molecule has 1 aromatic carbocycles. The first-order valence-corrected chi connectivity index (χ1v) is 12.1. The van der Waals surface area contributed by atoms with Gasteiger partial charge in [-0.25, -0.2) is 0 Å². The van der Waals surface area contributed by atoms with E-state index in [2.05, 4.69) is 15.1 Å². The van der Waals surface area contributed by atoms with Crippen LogP contribution in [0.4, 0.5) is 0 Å². The van der Waals surface area contributed by atoms with Crippen LogP contribution in [0.5, 0.6) is 0 Å². The number of hydrogen-bond acceptors (Lipinski definition) is 8. The average Bonchev–Trinajstić information content (AvgIpc) is 2.71. The van der Waals surface area contributed by atoms with Crippen molar-refractivity contribution in [3.05, 3.63) is 35.4 Å². The van der Waals surface area contributed by atoms with Gasteiger partial charge in [-0.1, -0.05) is 45.0 Å². The molecular weight excluding hydrogens is 401 g/mol. The Morgan fingerprint density at radius 3 is 2.53 bits per heavy atom. The van der Waals surface area contributed by atoms with Crippen LogP contribution in [0.1, 0.15) is 36.7 Å². The summed E-state index contributed by atoms with van der Waals surface area (Å²) < 4.78 is 10.8. The van der Waals surface area contributed by atoms with Crippen molar-refractivity contribution in [2.24, 2.45) is 5.92 Å². The molecule has 2 unspecified atom stereocenters. The van der Waals surface area contributed by atoms with Crippen molar-refractivity contribution in [3.63, 3.8) is 0 Å². The average molecular weight is 431 g/mol. The number of hydrogen-bond donors (Lipinski definition) is 1. The van der Waals surface area contributed by atoms with Crippen molar-refractivity contribution in [1.29, 1.82) is 0 Å². The van der Waals surface area contributed by atoms with Gasteiger partial charge in [0.2, 0.25) is 0 Å². The molecule has 2 heterocycles. The first kappa shape index (κ1) is 22.9. The van der Waals surface area contributed by atoms with Crippen LogP contribution < -0.4 is 5.32 Å². The molecule has 0 aliphatic carbocycles. The van der Waals surface area contributed by atoms with Gasteiger partial charge in [0, 0.05) is 49.1 Å². The molecule has 2 atom stereocenters. The standard InChI is InChI=1S/C21H32N3O5.Al/c1-4-23(15-20(27)28)11-12-24(10-9-22-13-19(25)26)14-17-5-7-18(8-6-17)21(29)16(2)3;/h4-8,16,22H,9-15H2,1-3H3,(H,25,26)(H,27,28);/q;+2/p-2. The third-order valence-electron chi connectivity index (χ3n) is 5.54. The Morgan fingerprint density at radius 2 is 1.83 bits per heavy atom. The zero-order chi connectivity index (χ0) is 21.7. The van der Waals surface area contributed by atoms with Crippen molar-refractivity contribution < 1.29 is 22.0 Å². The van der Waals surface area contributed by atoms with Gasteiger partial charge in [0.15, 0.2) is 5.78 Å². The van der Waals surface area contributed by atoms with Crippen LogP contribution in [0.25, 0.3) is 0 Å². The van der Waals surface area contributed by atoms with Gasteiger partial charge in [-0.15, -0.1) is 0 Å². The van der Waals surface area contributed by atoms with Crippen LogP contribution in [0.2, 0.25) is 0 Å². The highest BCUT2D eigenvalue weighted by Gasteiger charge is 2.49. The van der Waals surface area contributed by atoms with Crippen molar-refractivity contribution in [1.82, 2.24) is 15.1 Å². The van der Waals surface area contributed by atoms with Gasteiger partial charge in [-0.05, 0) is 5.56 Å². The number of carbonyl (C=O) groups excluding carboxylic acids is 3. The quantitative estimate of drug-likeness (QED) is 0.552. The Hall–Kier alpha value is -1.76. The predicted molar refractivity (Wildman–Crippen MR) is 113 cm³/mol. The zero-order valence-corrected chi connectivity index (χ0v) is 19.1. The fourth-order valence-corrected chi connectivity index (χ4v) is 5.37.